The minimum Gasteiger partial charge on any atom is -0.467 e. The van der Waals surface area contributed by atoms with Gasteiger partial charge < -0.3 is 32.0 Å². The highest BCUT2D eigenvalue weighted by Gasteiger charge is 2.20. The lowest BCUT2D eigenvalue weighted by molar-refractivity contribution is -0.146. The molecule has 1 rings (SSSR count). The van der Waals surface area contributed by atoms with Crippen LogP contribution in [-0.4, -0.2) is 66.6 Å². The SMILES string of the molecule is COC(=O)[C@@H](COCCCCCCN=C(N)NC(=O)c1nc(Cl)c(N)nc1N)NC(C)=O. The van der Waals surface area contributed by atoms with Crippen LogP contribution in [0.2, 0.25) is 5.15 Å². The summed E-state index contributed by atoms with van der Waals surface area (Å²) >= 11 is 5.74. The van der Waals surface area contributed by atoms with E-state index in [9.17, 15) is 14.4 Å². The Labute approximate surface area is 190 Å². The van der Waals surface area contributed by atoms with Gasteiger partial charge in [-0.3, -0.25) is 19.9 Å². The minimum atomic E-state index is -0.823. The van der Waals surface area contributed by atoms with Crippen LogP contribution in [0.5, 0.6) is 0 Å². The Morgan fingerprint density at radius 2 is 1.81 bits per heavy atom. The molecular weight excluding hydrogens is 444 g/mol. The lowest BCUT2D eigenvalue weighted by Crippen LogP contribution is -2.43. The van der Waals surface area contributed by atoms with Gasteiger partial charge in [0.1, 0.15) is 0 Å². The zero-order valence-electron chi connectivity index (χ0n) is 18.0. The lowest BCUT2D eigenvalue weighted by atomic mass is 10.2. The van der Waals surface area contributed by atoms with Crippen molar-refractivity contribution in [2.75, 3.05) is 38.3 Å². The number of carbonyl (C=O) groups excluding carboxylic acids is 3. The Kier molecular flexibility index (Phi) is 11.7. The molecule has 0 fully saturated rings. The fourth-order valence-electron chi connectivity index (χ4n) is 2.45. The van der Waals surface area contributed by atoms with Crippen molar-refractivity contribution in [2.24, 2.45) is 10.7 Å². The van der Waals surface area contributed by atoms with E-state index in [1.165, 1.54) is 14.0 Å². The molecule has 1 heterocycles. The molecule has 1 aromatic rings. The Morgan fingerprint density at radius 1 is 1.12 bits per heavy atom. The summed E-state index contributed by atoms with van der Waals surface area (Å²) in [6.45, 7) is 2.19. The van der Waals surface area contributed by atoms with Crippen molar-refractivity contribution < 1.29 is 23.9 Å². The van der Waals surface area contributed by atoms with Gasteiger partial charge in [0.2, 0.25) is 5.91 Å². The maximum absolute atomic E-state index is 12.1. The molecule has 8 N–H and O–H groups in total. The number of anilines is 2. The molecule has 0 saturated heterocycles. The largest absolute Gasteiger partial charge is 0.467 e. The predicted octanol–water partition coefficient (Wildman–Crippen LogP) is -0.406. The Balaban J connectivity index is 2.24. The number of hydrogen-bond donors (Lipinski definition) is 5. The molecule has 0 aliphatic heterocycles. The van der Waals surface area contributed by atoms with E-state index < -0.39 is 17.9 Å². The van der Waals surface area contributed by atoms with E-state index in [4.69, 9.17) is 33.5 Å². The molecule has 0 bridgehead atoms. The first kappa shape index (κ1) is 26.8. The molecule has 0 spiro atoms. The summed E-state index contributed by atoms with van der Waals surface area (Å²) in [7, 11) is 1.24. The average molecular weight is 473 g/mol. The monoisotopic (exact) mass is 472 g/mol. The lowest BCUT2D eigenvalue weighted by Gasteiger charge is -2.15. The van der Waals surface area contributed by atoms with Crippen molar-refractivity contribution in [2.45, 2.75) is 38.6 Å². The van der Waals surface area contributed by atoms with E-state index in [0.29, 0.717) is 13.2 Å². The third-order valence-electron chi connectivity index (χ3n) is 3.99. The molecule has 13 nitrogen and oxygen atoms in total. The van der Waals surface area contributed by atoms with Crippen molar-refractivity contribution in [1.29, 1.82) is 0 Å². The number of esters is 1. The van der Waals surface area contributed by atoms with Gasteiger partial charge in [0.15, 0.2) is 34.5 Å². The maximum atomic E-state index is 12.1. The first-order chi connectivity index (χ1) is 15.1. The third kappa shape index (κ3) is 9.75. The second-order valence-corrected chi connectivity index (χ2v) is 6.98. The number of guanidine groups is 1. The van der Waals surface area contributed by atoms with E-state index in [1.54, 1.807) is 0 Å². The molecule has 2 amide bonds. The number of methoxy groups -OCH3 is 1. The van der Waals surface area contributed by atoms with Crippen molar-refractivity contribution in [1.82, 2.24) is 20.6 Å². The standard InChI is InChI=1S/C18H29ClN8O5/c1-10(28)24-11(17(30)31-2)9-32-8-6-4-3-5-7-23-18(22)27-16(29)12-14(20)26-15(21)13(19)25-12/h11H,3-9H2,1-2H3,(H,24,28)(H4,20,21,26)(H3,22,23,27,29)/t11-/m1/s1. The van der Waals surface area contributed by atoms with Crippen molar-refractivity contribution in [3.05, 3.63) is 10.8 Å². The second kappa shape index (κ2) is 14.0. The molecule has 0 aromatic carbocycles. The predicted molar refractivity (Wildman–Crippen MR) is 119 cm³/mol. The normalized spacial score (nSPS) is 12.2. The summed E-state index contributed by atoms with van der Waals surface area (Å²) in [4.78, 5) is 46.3. The smallest absolute Gasteiger partial charge is 0.330 e. The highest BCUT2D eigenvalue weighted by molar-refractivity contribution is 6.31. The molecule has 0 unspecified atom stereocenters. The van der Waals surface area contributed by atoms with Crippen LogP contribution < -0.4 is 27.8 Å². The van der Waals surface area contributed by atoms with E-state index in [2.05, 4.69) is 30.3 Å². The highest BCUT2D eigenvalue weighted by atomic mass is 35.5. The molecule has 0 radical (unpaired) electrons. The van der Waals surface area contributed by atoms with Gasteiger partial charge in [-0.1, -0.05) is 24.4 Å². The summed E-state index contributed by atoms with van der Waals surface area (Å²) in [5, 5.41) is 4.69. The number of halogens is 1. The van der Waals surface area contributed by atoms with Gasteiger partial charge in [-0.2, -0.15) is 0 Å². The van der Waals surface area contributed by atoms with Crippen LogP contribution in [0.25, 0.3) is 0 Å². The summed E-state index contributed by atoms with van der Waals surface area (Å²) in [5.41, 5.74) is 16.6. The molecule has 14 heteroatoms. The molecule has 178 valence electrons. The molecule has 0 aliphatic carbocycles. The van der Waals surface area contributed by atoms with E-state index in [1.807, 2.05) is 0 Å². The quantitative estimate of drug-likeness (QED) is 0.115. The van der Waals surface area contributed by atoms with Gasteiger partial charge in [0.05, 0.1) is 13.7 Å². The van der Waals surface area contributed by atoms with Gasteiger partial charge in [-0.15, -0.1) is 0 Å². The molecule has 32 heavy (non-hydrogen) atoms. The van der Waals surface area contributed by atoms with Crippen LogP contribution in [-0.2, 0) is 19.1 Å². The number of nitrogens with two attached hydrogens (primary N) is 3. The number of aromatic nitrogens is 2. The molecule has 1 aromatic heterocycles. The Hall–Kier alpha value is -3.19. The number of hydrogen-bond acceptors (Lipinski definition) is 10. The summed E-state index contributed by atoms with van der Waals surface area (Å²) in [6.07, 6.45) is 3.22. The van der Waals surface area contributed by atoms with E-state index in [0.717, 1.165) is 25.7 Å². The van der Waals surface area contributed by atoms with Crippen LogP contribution in [0.4, 0.5) is 11.6 Å². The first-order valence-corrected chi connectivity index (χ1v) is 10.2. The van der Waals surface area contributed by atoms with E-state index in [-0.39, 0.29) is 41.0 Å². The highest BCUT2D eigenvalue weighted by Crippen LogP contribution is 2.17. The zero-order valence-corrected chi connectivity index (χ0v) is 18.8. The average Bonchev–Trinajstić information content (AvgIpc) is 2.73. The van der Waals surface area contributed by atoms with Crippen LogP contribution in [0, 0.1) is 0 Å². The molecule has 0 aliphatic rings. The minimum absolute atomic E-state index is 0.0425. The van der Waals surface area contributed by atoms with Crippen molar-refractivity contribution >= 4 is 47.0 Å². The van der Waals surface area contributed by atoms with Crippen LogP contribution in [0.3, 0.4) is 0 Å². The Morgan fingerprint density at radius 3 is 2.47 bits per heavy atom. The summed E-state index contributed by atoms with van der Waals surface area (Å²) in [5.74, 6) is -1.93. The topological polar surface area (TPSA) is 210 Å². The first-order valence-electron chi connectivity index (χ1n) is 9.78. The number of nitrogen functional groups attached to an aromatic ring is 2. The summed E-state index contributed by atoms with van der Waals surface area (Å²) in [6, 6.07) is -0.823. The van der Waals surface area contributed by atoms with Gasteiger partial charge >= 0.3 is 5.97 Å². The number of unbranched alkanes of at least 4 members (excludes halogenated alkanes) is 3. The van der Waals surface area contributed by atoms with Gasteiger partial charge in [0, 0.05) is 20.1 Å². The molecular formula is C18H29ClN8O5. The number of aliphatic imine (C=N–C) groups is 1. The number of nitrogens with zero attached hydrogens (tertiary/aromatic N) is 3. The summed E-state index contributed by atoms with van der Waals surface area (Å²) < 4.78 is 10.0. The number of ether oxygens (including phenoxy) is 2. The fourth-order valence-corrected chi connectivity index (χ4v) is 2.58. The van der Waals surface area contributed by atoms with E-state index >= 15 is 0 Å². The van der Waals surface area contributed by atoms with Crippen molar-refractivity contribution in [3.63, 3.8) is 0 Å². The Bertz CT molecular complexity index is 836. The number of amides is 2. The second-order valence-electron chi connectivity index (χ2n) is 6.62. The molecule has 1 atom stereocenters. The van der Waals surface area contributed by atoms with Crippen LogP contribution in [0.1, 0.15) is 43.1 Å². The van der Waals surface area contributed by atoms with Crippen LogP contribution >= 0.6 is 11.6 Å². The number of nitrogens with one attached hydrogen (secondary N) is 2. The van der Waals surface area contributed by atoms with Gasteiger partial charge in [0.25, 0.3) is 5.91 Å². The third-order valence-corrected chi connectivity index (χ3v) is 4.27. The number of rotatable bonds is 12. The molecule has 0 saturated carbocycles. The van der Waals surface area contributed by atoms with Gasteiger partial charge in [-0.05, 0) is 12.8 Å². The zero-order chi connectivity index (χ0) is 24.1. The van der Waals surface area contributed by atoms with Crippen molar-refractivity contribution in [3.8, 4) is 0 Å². The number of carbonyl (C=O) groups is 3. The van der Waals surface area contributed by atoms with Gasteiger partial charge in [-0.25, -0.2) is 14.8 Å². The fraction of sp³-hybridized carbons (Fsp3) is 0.556. The van der Waals surface area contributed by atoms with Crippen LogP contribution in [0.15, 0.2) is 4.99 Å². The maximum Gasteiger partial charge on any atom is 0.330 e.